The zero-order valence-electron chi connectivity index (χ0n) is 10.9. The molecule has 0 unspecified atom stereocenters. The van der Waals surface area contributed by atoms with E-state index in [9.17, 15) is 5.11 Å². The van der Waals surface area contributed by atoms with E-state index in [0.29, 0.717) is 11.7 Å². The molecule has 2 aromatic rings. The number of phenols is 1. The molecule has 1 aliphatic rings. The third kappa shape index (κ3) is 2.31. The number of benzene rings is 2. The molecular formula is C16H19NO2. The molecule has 1 fully saturated rings. The summed E-state index contributed by atoms with van der Waals surface area (Å²) in [4.78, 5) is 0. The van der Waals surface area contributed by atoms with Crippen LogP contribution in [-0.2, 0) is 4.74 Å². The summed E-state index contributed by atoms with van der Waals surface area (Å²) in [7, 11) is 0. The fourth-order valence-corrected chi connectivity index (χ4v) is 2.95. The number of hydrogen-bond donors (Lipinski definition) is 2. The molecule has 3 heteroatoms. The Morgan fingerprint density at radius 3 is 2.63 bits per heavy atom. The Bertz CT molecular complexity index is 576. The highest BCUT2D eigenvalue weighted by Crippen LogP contribution is 2.37. The summed E-state index contributed by atoms with van der Waals surface area (Å²) in [5, 5.41) is 12.4. The normalized spacial score (nSPS) is 18.6. The zero-order valence-corrected chi connectivity index (χ0v) is 10.9. The van der Waals surface area contributed by atoms with Gasteiger partial charge in [-0.05, 0) is 35.6 Å². The van der Waals surface area contributed by atoms with Crippen LogP contribution in [0.15, 0.2) is 36.4 Å². The van der Waals surface area contributed by atoms with Gasteiger partial charge >= 0.3 is 0 Å². The Balaban J connectivity index is 2.05. The maximum absolute atomic E-state index is 10.2. The molecule has 3 N–H and O–H groups in total. The fraction of sp³-hybridized carbons (Fsp3) is 0.375. The number of ether oxygens (including phenoxy) is 1. The van der Waals surface area contributed by atoms with E-state index in [4.69, 9.17) is 10.5 Å². The van der Waals surface area contributed by atoms with Gasteiger partial charge in [0.05, 0.1) is 0 Å². The van der Waals surface area contributed by atoms with Crippen LogP contribution in [0.1, 0.15) is 24.4 Å². The Morgan fingerprint density at radius 1 is 1.11 bits per heavy atom. The van der Waals surface area contributed by atoms with Gasteiger partial charge in [0.25, 0.3) is 0 Å². The summed E-state index contributed by atoms with van der Waals surface area (Å²) in [6, 6.07) is 11.6. The highest BCUT2D eigenvalue weighted by molar-refractivity contribution is 5.88. The van der Waals surface area contributed by atoms with Crippen molar-refractivity contribution in [2.45, 2.75) is 18.9 Å². The molecule has 100 valence electrons. The van der Waals surface area contributed by atoms with Crippen molar-refractivity contribution >= 4 is 10.8 Å². The SMILES string of the molecule is N[C@H](c1c(O)ccc2ccccc12)C1CCOCC1. The van der Waals surface area contributed by atoms with E-state index in [1.54, 1.807) is 6.07 Å². The second-order valence-corrected chi connectivity index (χ2v) is 5.20. The first-order chi connectivity index (χ1) is 9.27. The van der Waals surface area contributed by atoms with Crippen molar-refractivity contribution in [3.63, 3.8) is 0 Å². The summed E-state index contributed by atoms with van der Waals surface area (Å²) in [6.45, 7) is 1.54. The van der Waals surface area contributed by atoms with Crippen LogP contribution in [0.25, 0.3) is 10.8 Å². The van der Waals surface area contributed by atoms with Gasteiger partial charge in [-0.3, -0.25) is 0 Å². The van der Waals surface area contributed by atoms with E-state index < -0.39 is 0 Å². The highest BCUT2D eigenvalue weighted by Gasteiger charge is 2.25. The molecule has 0 aliphatic carbocycles. The van der Waals surface area contributed by atoms with E-state index in [1.807, 2.05) is 24.3 Å². The molecule has 1 saturated heterocycles. The van der Waals surface area contributed by atoms with Gasteiger partial charge in [-0.2, -0.15) is 0 Å². The second kappa shape index (κ2) is 5.19. The molecule has 3 nitrogen and oxygen atoms in total. The first-order valence-electron chi connectivity index (χ1n) is 6.81. The predicted molar refractivity (Wildman–Crippen MR) is 76.1 cm³/mol. The number of aromatic hydroxyl groups is 1. The minimum atomic E-state index is -0.130. The van der Waals surface area contributed by atoms with E-state index in [0.717, 1.165) is 42.4 Å². The van der Waals surface area contributed by atoms with Crippen LogP contribution in [0, 0.1) is 5.92 Å². The van der Waals surface area contributed by atoms with Gasteiger partial charge in [-0.1, -0.05) is 30.3 Å². The number of hydrogen-bond acceptors (Lipinski definition) is 3. The van der Waals surface area contributed by atoms with E-state index in [2.05, 4.69) is 6.07 Å². The first-order valence-corrected chi connectivity index (χ1v) is 6.81. The van der Waals surface area contributed by atoms with Crippen molar-refractivity contribution in [2.75, 3.05) is 13.2 Å². The molecule has 3 rings (SSSR count). The van der Waals surface area contributed by atoms with Crippen LogP contribution >= 0.6 is 0 Å². The summed E-state index contributed by atoms with van der Waals surface area (Å²) >= 11 is 0. The van der Waals surface area contributed by atoms with Gasteiger partial charge in [0, 0.05) is 24.8 Å². The maximum atomic E-state index is 10.2. The minimum Gasteiger partial charge on any atom is -0.508 e. The van der Waals surface area contributed by atoms with Crippen molar-refractivity contribution in [1.29, 1.82) is 0 Å². The van der Waals surface area contributed by atoms with Crippen LogP contribution in [0.4, 0.5) is 0 Å². The summed E-state index contributed by atoms with van der Waals surface area (Å²) in [5.74, 6) is 0.683. The van der Waals surface area contributed by atoms with Gasteiger partial charge in [0.1, 0.15) is 5.75 Å². The van der Waals surface area contributed by atoms with Crippen LogP contribution in [0.2, 0.25) is 0 Å². The van der Waals surface area contributed by atoms with Crippen LogP contribution < -0.4 is 5.73 Å². The van der Waals surface area contributed by atoms with E-state index >= 15 is 0 Å². The third-order valence-corrected chi connectivity index (χ3v) is 4.05. The zero-order chi connectivity index (χ0) is 13.2. The van der Waals surface area contributed by atoms with E-state index in [1.165, 1.54) is 0 Å². The smallest absolute Gasteiger partial charge is 0.120 e. The number of nitrogens with two attached hydrogens (primary N) is 1. The first kappa shape index (κ1) is 12.5. The number of fused-ring (bicyclic) bond motifs is 1. The monoisotopic (exact) mass is 257 g/mol. The number of phenolic OH excluding ortho intramolecular Hbond substituents is 1. The van der Waals surface area contributed by atoms with Gasteiger partial charge in [-0.15, -0.1) is 0 Å². The van der Waals surface area contributed by atoms with Gasteiger partial charge in [0.15, 0.2) is 0 Å². The van der Waals surface area contributed by atoms with Gasteiger partial charge in [0.2, 0.25) is 0 Å². The van der Waals surface area contributed by atoms with Gasteiger partial charge in [-0.25, -0.2) is 0 Å². The topological polar surface area (TPSA) is 55.5 Å². The summed E-state index contributed by atoms with van der Waals surface area (Å²) < 4.78 is 5.39. The lowest BCUT2D eigenvalue weighted by atomic mass is 9.85. The molecule has 1 atom stereocenters. The molecule has 0 spiro atoms. The molecule has 0 amide bonds. The summed E-state index contributed by atoms with van der Waals surface area (Å²) in [5.41, 5.74) is 7.30. The van der Waals surface area contributed by atoms with Crippen molar-refractivity contribution in [1.82, 2.24) is 0 Å². The van der Waals surface area contributed by atoms with Crippen molar-refractivity contribution in [2.24, 2.45) is 11.7 Å². The Hall–Kier alpha value is -1.58. The van der Waals surface area contributed by atoms with Crippen LogP contribution in [-0.4, -0.2) is 18.3 Å². The molecular weight excluding hydrogens is 238 g/mol. The molecule has 0 aromatic heterocycles. The fourth-order valence-electron chi connectivity index (χ4n) is 2.95. The lowest BCUT2D eigenvalue weighted by Crippen LogP contribution is -2.27. The van der Waals surface area contributed by atoms with Crippen LogP contribution in [0.3, 0.4) is 0 Å². The van der Waals surface area contributed by atoms with Crippen molar-refractivity contribution in [3.8, 4) is 5.75 Å². The molecule has 1 heterocycles. The van der Waals surface area contributed by atoms with Crippen molar-refractivity contribution in [3.05, 3.63) is 42.0 Å². The standard InChI is InChI=1S/C16H19NO2/c17-16(12-7-9-19-10-8-12)15-13-4-2-1-3-11(13)5-6-14(15)18/h1-6,12,16,18H,7-10,17H2/t16-/m0/s1. The highest BCUT2D eigenvalue weighted by atomic mass is 16.5. The van der Waals surface area contributed by atoms with Crippen LogP contribution in [0.5, 0.6) is 5.75 Å². The summed E-state index contributed by atoms with van der Waals surface area (Å²) in [6.07, 6.45) is 1.92. The van der Waals surface area contributed by atoms with E-state index in [-0.39, 0.29) is 6.04 Å². The van der Waals surface area contributed by atoms with Crippen molar-refractivity contribution < 1.29 is 9.84 Å². The molecule has 0 radical (unpaired) electrons. The molecule has 0 bridgehead atoms. The molecule has 19 heavy (non-hydrogen) atoms. The molecule has 2 aromatic carbocycles. The minimum absolute atomic E-state index is 0.130. The Labute approximate surface area is 113 Å². The Kier molecular flexibility index (Phi) is 3.40. The quantitative estimate of drug-likeness (QED) is 0.869. The lowest BCUT2D eigenvalue weighted by molar-refractivity contribution is 0.0582. The maximum Gasteiger partial charge on any atom is 0.120 e. The average molecular weight is 257 g/mol. The molecule has 1 aliphatic heterocycles. The molecule has 0 saturated carbocycles. The van der Waals surface area contributed by atoms with Gasteiger partial charge < -0.3 is 15.6 Å². The average Bonchev–Trinajstić information content (AvgIpc) is 2.47. The Morgan fingerprint density at radius 2 is 1.84 bits per heavy atom. The predicted octanol–water partition coefficient (Wildman–Crippen LogP) is 2.97. The largest absolute Gasteiger partial charge is 0.508 e. The lowest BCUT2D eigenvalue weighted by Gasteiger charge is -2.29. The third-order valence-electron chi connectivity index (χ3n) is 4.05. The second-order valence-electron chi connectivity index (χ2n) is 5.20. The number of rotatable bonds is 2.